The fraction of sp³-hybridized carbons (Fsp3) is 0.429. The van der Waals surface area contributed by atoms with Gasteiger partial charge in [-0.1, -0.05) is 6.07 Å². The van der Waals surface area contributed by atoms with Crippen LogP contribution in [0.25, 0.3) is 0 Å². The van der Waals surface area contributed by atoms with Crippen molar-refractivity contribution in [3.63, 3.8) is 0 Å². The van der Waals surface area contributed by atoms with Crippen LogP contribution in [0.4, 0.5) is 10.5 Å². The van der Waals surface area contributed by atoms with Gasteiger partial charge < -0.3 is 15.5 Å². The zero-order valence-electron chi connectivity index (χ0n) is 11.2. The predicted molar refractivity (Wildman–Crippen MR) is 73.8 cm³/mol. The van der Waals surface area contributed by atoms with Crippen LogP contribution in [0.1, 0.15) is 19.8 Å². The number of aliphatic carboxylic acids is 1. The van der Waals surface area contributed by atoms with Crippen LogP contribution in [0.3, 0.4) is 0 Å². The van der Waals surface area contributed by atoms with Crippen LogP contribution in [-0.4, -0.2) is 34.8 Å². The second kappa shape index (κ2) is 5.81. The minimum atomic E-state index is -1.01. The van der Waals surface area contributed by atoms with E-state index in [9.17, 15) is 14.7 Å². The molecular weight excluding hydrogens is 260 g/mol. The Hall–Kier alpha value is -2.24. The lowest BCUT2D eigenvalue weighted by Gasteiger charge is -2.24. The number of benzene rings is 1. The Labute approximate surface area is 117 Å². The minimum absolute atomic E-state index is 0.0272. The highest BCUT2D eigenvalue weighted by Crippen LogP contribution is 2.33. The fourth-order valence-electron chi connectivity index (χ4n) is 2.13. The van der Waals surface area contributed by atoms with Gasteiger partial charge in [0.25, 0.3) is 0 Å². The number of phenols is 1. The van der Waals surface area contributed by atoms with Crippen molar-refractivity contribution in [2.75, 3.05) is 11.4 Å². The van der Waals surface area contributed by atoms with Crippen molar-refractivity contribution < 1.29 is 19.8 Å². The Balaban J connectivity index is 2.10. The number of amides is 2. The van der Waals surface area contributed by atoms with Crippen LogP contribution < -0.4 is 10.2 Å². The van der Waals surface area contributed by atoms with Crippen molar-refractivity contribution in [1.29, 1.82) is 0 Å². The minimum Gasteiger partial charge on any atom is -0.508 e. The molecule has 0 saturated heterocycles. The van der Waals surface area contributed by atoms with Crippen LogP contribution in [0.15, 0.2) is 24.3 Å². The fourth-order valence-corrected chi connectivity index (χ4v) is 2.13. The SMILES string of the molecule is CCN(C(=O)NC(C(=O)O)C1CC1)c1cccc(O)c1. The summed E-state index contributed by atoms with van der Waals surface area (Å²) in [4.78, 5) is 24.7. The predicted octanol–water partition coefficient (Wildman–Crippen LogP) is 1.79. The van der Waals surface area contributed by atoms with E-state index in [1.165, 1.54) is 17.0 Å². The van der Waals surface area contributed by atoms with Gasteiger partial charge in [0.2, 0.25) is 0 Å². The third-order valence-electron chi connectivity index (χ3n) is 3.34. The van der Waals surface area contributed by atoms with Crippen LogP contribution in [0, 0.1) is 5.92 Å². The summed E-state index contributed by atoms with van der Waals surface area (Å²) in [6.45, 7) is 2.17. The third-order valence-corrected chi connectivity index (χ3v) is 3.34. The van der Waals surface area contributed by atoms with Gasteiger partial charge in [0, 0.05) is 18.3 Å². The molecule has 0 aliphatic heterocycles. The Morgan fingerprint density at radius 2 is 2.15 bits per heavy atom. The lowest BCUT2D eigenvalue weighted by atomic mass is 10.2. The number of aromatic hydroxyl groups is 1. The molecule has 2 amide bonds. The molecule has 1 aromatic carbocycles. The number of phenolic OH excluding ortho intramolecular Hbond substituents is 1. The van der Waals surface area contributed by atoms with Crippen LogP contribution in [0.2, 0.25) is 0 Å². The number of carboxylic acids is 1. The molecule has 108 valence electrons. The Morgan fingerprint density at radius 3 is 2.65 bits per heavy atom. The third kappa shape index (κ3) is 3.20. The molecule has 1 aliphatic rings. The zero-order chi connectivity index (χ0) is 14.7. The normalized spacial score (nSPS) is 15.4. The van der Waals surface area contributed by atoms with E-state index in [4.69, 9.17) is 5.11 Å². The number of hydrogen-bond donors (Lipinski definition) is 3. The summed E-state index contributed by atoms with van der Waals surface area (Å²) >= 11 is 0. The highest BCUT2D eigenvalue weighted by atomic mass is 16.4. The maximum atomic E-state index is 12.2. The van der Waals surface area contributed by atoms with Gasteiger partial charge in [-0.25, -0.2) is 9.59 Å². The molecule has 1 unspecified atom stereocenters. The van der Waals surface area contributed by atoms with E-state index in [1.807, 2.05) is 0 Å². The topological polar surface area (TPSA) is 89.9 Å². The maximum Gasteiger partial charge on any atom is 0.326 e. The molecule has 6 heteroatoms. The summed E-state index contributed by atoms with van der Waals surface area (Å²) in [5.41, 5.74) is 0.532. The quantitative estimate of drug-likeness (QED) is 0.766. The van der Waals surface area contributed by atoms with Gasteiger partial charge in [-0.15, -0.1) is 0 Å². The Morgan fingerprint density at radius 1 is 1.45 bits per heavy atom. The second-order valence-electron chi connectivity index (χ2n) is 4.87. The molecule has 1 atom stereocenters. The molecule has 0 radical (unpaired) electrons. The summed E-state index contributed by atoms with van der Waals surface area (Å²) in [6, 6.07) is 5.01. The van der Waals surface area contributed by atoms with E-state index in [2.05, 4.69) is 5.32 Å². The van der Waals surface area contributed by atoms with E-state index in [1.54, 1.807) is 19.1 Å². The molecule has 0 spiro atoms. The number of nitrogens with zero attached hydrogens (tertiary/aromatic N) is 1. The standard InChI is InChI=1S/C14H18N2O4/c1-2-16(10-4-3-5-11(17)8-10)14(20)15-12(13(18)19)9-6-7-9/h3-5,8-9,12,17H,2,6-7H2,1H3,(H,15,20)(H,18,19). The highest BCUT2D eigenvalue weighted by Gasteiger charge is 2.38. The van der Waals surface area contributed by atoms with Crippen molar-refractivity contribution in [2.45, 2.75) is 25.8 Å². The van der Waals surface area contributed by atoms with E-state index in [0.29, 0.717) is 12.2 Å². The second-order valence-corrected chi connectivity index (χ2v) is 4.87. The molecule has 0 aromatic heterocycles. The Bertz CT molecular complexity index is 514. The first kappa shape index (κ1) is 14.2. The number of carbonyl (C=O) groups is 2. The smallest absolute Gasteiger partial charge is 0.326 e. The van der Waals surface area contributed by atoms with Gasteiger partial charge >= 0.3 is 12.0 Å². The van der Waals surface area contributed by atoms with Crippen LogP contribution in [0.5, 0.6) is 5.75 Å². The monoisotopic (exact) mass is 278 g/mol. The van der Waals surface area contributed by atoms with Crippen molar-refractivity contribution in [2.24, 2.45) is 5.92 Å². The largest absolute Gasteiger partial charge is 0.508 e. The average Bonchev–Trinajstić information content (AvgIpc) is 3.21. The maximum absolute atomic E-state index is 12.2. The summed E-state index contributed by atoms with van der Waals surface area (Å²) in [5.74, 6) is -0.919. The molecule has 3 N–H and O–H groups in total. The molecule has 6 nitrogen and oxygen atoms in total. The van der Waals surface area contributed by atoms with Crippen LogP contribution >= 0.6 is 0 Å². The average molecular weight is 278 g/mol. The molecule has 0 heterocycles. The van der Waals surface area contributed by atoms with E-state index in [0.717, 1.165) is 12.8 Å². The lowest BCUT2D eigenvalue weighted by Crippen LogP contribution is -2.49. The van der Waals surface area contributed by atoms with E-state index in [-0.39, 0.29) is 11.7 Å². The van der Waals surface area contributed by atoms with Crippen molar-refractivity contribution in [1.82, 2.24) is 5.32 Å². The van der Waals surface area contributed by atoms with Crippen molar-refractivity contribution in [3.05, 3.63) is 24.3 Å². The summed E-state index contributed by atoms with van der Waals surface area (Å²) in [7, 11) is 0. The molecule has 1 aromatic rings. The number of urea groups is 1. The van der Waals surface area contributed by atoms with Gasteiger partial charge in [-0.3, -0.25) is 4.90 Å². The van der Waals surface area contributed by atoms with Gasteiger partial charge in [0.1, 0.15) is 11.8 Å². The molecule has 1 aliphatic carbocycles. The van der Waals surface area contributed by atoms with Crippen LogP contribution in [-0.2, 0) is 4.79 Å². The summed E-state index contributed by atoms with van der Waals surface area (Å²) < 4.78 is 0. The zero-order valence-corrected chi connectivity index (χ0v) is 11.2. The van der Waals surface area contributed by atoms with Crippen molar-refractivity contribution >= 4 is 17.7 Å². The summed E-state index contributed by atoms with van der Waals surface area (Å²) in [5, 5.41) is 21.1. The van der Waals surface area contributed by atoms with E-state index >= 15 is 0 Å². The molecule has 2 rings (SSSR count). The van der Waals surface area contributed by atoms with E-state index < -0.39 is 18.0 Å². The number of nitrogens with one attached hydrogen (secondary N) is 1. The van der Waals surface area contributed by atoms with Crippen molar-refractivity contribution in [3.8, 4) is 5.75 Å². The first-order chi connectivity index (χ1) is 9.52. The van der Waals surface area contributed by atoms with Gasteiger partial charge in [0.05, 0.1) is 0 Å². The van der Waals surface area contributed by atoms with Gasteiger partial charge in [-0.05, 0) is 37.8 Å². The molecule has 20 heavy (non-hydrogen) atoms. The summed E-state index contributed by atoms with van der Waals surface area (Å²) in [6.07, 6.45) is 1.66. The number of rotatable bonds is 5. The lowest BCUT2D eigenvalue weighted by molar-refractivity contribution is -0.139. The number of anilines is 1. The molecule has 1 saturated carbocycles. The number of carbonyl (C=O) groups excluding carboxylic acids is 1. The Kier molecular flexibility index (Phi) is 4.12. The number of hydrogen-bond acceptors (Lipinski definition) is 3. The highest BCUT2D eigenvalue weighted by molar-refractivity contribution is 5.94. The van der Waals surface area contributed by atoms with Gasteiger partial charge in [0.15, 0.2) is 0 Å². The molecule has 1 fully saturated rings. The molecule has 0 bridgehead atoms. The number of carboxylic acid groups (broad SMARTS) is 1. The molecular formula is C14H18N2O4. The first-order valence-corrected chi connectivity index (χ1v) is 6.62. The first-order valence-electron chi connectivity index (χ1n) is 6.62. The van der Waals surface area contributed by atoms with Gasteiger partial charge in [-0.2, -0.15) is 0 Å².